The Morgan fingerprint density at radius 2 is 1.76 bits per heavy atom. The molecule has 0 aliphatic heterocycles. The van der Waals surface area contributed by atoms with Crippen molar-refractivity contribution >= 4 is 10.0 Å². The highest BCUT2D eigenvalue weighted by atomic mass is 32.2. The SMILES string of the molecule is NC1CCCC[C@@H]1NS(=O)(=O)c1ccccc1. The maximum Gasteiger partial charge on any atom is 0.240 e. The number of hydrogen-bond donors (Lipinski definition) is 2. The lowest BCUT2D eigenvalue weighted by atomic mass is 9.92. The van der Waals surface area contributed by atoms with Crippen LogP contribution in [-0.4, -0.2) is 20.5 Å². The van der Waals surface area contributed by atoms with Crippen LogP contribution in [0.15, 0.2) is 35.2 Å². The van der Waals surface area contributed by atoms with Crippen molar-refractivity contribution in [3.8, 4) is 0 Å². The molecule has 1 saturated carbocycles. The molecule has 94 valence electrons. The smallest absolute Gasteiger partial charge is 0.240 e. The molecule has 0 amide bonds. The summed E-state index contributed by atoms with van der Waals surface area (Å²) in [5, 5.41) is 0. The summed E-state index contributed by atoms with van der Waals surface area (Å²) in [6, 6.07) is 8.22. The molecule has 17 heavy (non-hydrogen) atoms. The lowest BCUT2D eigenvalue weighted by Gasteiger charge is -2.28. The van der Waals surface area contributed by atoms with Crippen LogP contribution in [0.3, 0.4) is 0 Å². The van der Waals surface area contributed by atoms with Crippen molar-refractivity contribution in [2.75, 3.05) is 0 Å². The van der Waals surface area contributed by atoms with Crippen LogP contribution in [0.4, 0.5) is 0 Å². The second-order valence-corrected chi connectivity index (χ2v) is 6.20. The monoisotopic (exact) mass is 254 g/mol. The Labute approximate surface area is 102 Å². The van der Waals surface area contributed by atoms with Crippen LogP contribution in [0.25, 0.3) is 0 Å². The van der Waals surface area contributed by atoms with Gasteiger partial charge in [0, 0.05) is 12.1 Å². The summed E-state index contributed by atoms with van der Waals surface area (Å²) in [7, 11) is -3.42. The summed E-state index contributed by atoms with van der Waals surface area (Å²) in [5.74, 6) is 0. The second kappa shape index (κ2) is 5.16. The Hall–Kier alpha value is -0.910. The van der Waals surface area contributed by atoms with Crippen LogP contribution >= 0.6 is 0 Å². The van der Waals surface area contributed by atoms with Crippen molar-refractivity contribution in [2.45, 2.75) is 42.7 Å². The minimum atomic E-state index is -3.42. The third-order valence-electron chi connectivity index (χ3n) is 3.18. The predicted octanol–water partition coefficient (Wildman–Crippen LogP) is 1.23. The van der Waals surface area contributed by atoms with E-state index >= 15 is 0 Å². The molecule has 0 saturated heterocycles. The highest BCUT2D eigenvalue weighted by Crippen LogP contribution is 2.19. The van der Waals surface area contributed by atoms with Gasteiger partial charge < -0.3 is 5.73 Å². The van der Waals surface area contributed by atoms with Gasteiger partial charge in [-0.3, -0.25) is 0 Å². The van der Waals surface area contributed by atoms with Gasteiger partial charge in [0.15, 0.2) is 0 Å². The van der Waals surface area contributed by atoms with E-state index in [0.29, 0.717) is 4.90 Å². The first-order valence-corrected chi connectivity index (χ1v) is 7.41. The Kier molecular flexibility index (Phi) is 3.81. The zero-order valence-corrected chi connectivity index (χ0v) is 10.5. The van der Waals surface area contributed by atoms with E-state index < -0.39 is 10.0 Å². The minimum absolute atomic E-state index is 0.0674. The van der Waals surface area contributed by atoms with Crippen LogP contribution < -0.4 is 10.5 Å². The first kappa shape index (κ1) is 12.5. The van der Waals surface area contributed by atoms with Crippen LogP contribution in [0, 0.1) is 0 Å². The van der Waals surface area contributed by atoms with Crippen molar-refractivity contribution in [1.29, 1.82) is 0 Å². The lowest BCUT2D eigenvalue weighted by Crippen LogP contribution is -2.49. The van der Waals surface area contributed by atoms with E-state index in [9.17, 15) is 8.42 Å². The van der Waals surface area contributed by atoms with Gasteiger partial charge in [0.2, 0.25) is 10.0 Å². The first-order chi connectivity index (χ1) is 8.09. The molecule has 1 aromatic carbocycles. The third kappa shape index (κ3) is 3.06. The summed E-state index contributed by atoms with van der Waals surface area (Å²) < 4.78 is 26.9. The molecule has 1 aliphatic rings. The van der Waals surface area contributed by atoms with E-state index in [-0.39, 0.29) is 12.1 Å². The number of hydrogen-bond acceptors (Lipinski definition) is 3. The molecule has 2 atom stereocenters. The topological polar surface area (TPSA) is 72.2 Å². The van der Waals surface area contributed by atoms with Gasteiger partial charge >= 0.3 is 0 Å². The van der Waals surface area contributed by atoms with Crippen molar-refractivity contribution in [3.63, 3.8) is 0 Å². The lowest BCUT2D eigenvalue weighted by molar-refractivity contribution is 0.361. The van der Waals surface area contributed by atoms with E-state index in [1.54, 1.807) is 30.3 Å². The molecular formula is C12H18N2O2S. The largest absolute Gasteiger partial charge is 0.326 e. The molecule has 5 heteroatoms. The van der Waals surface area contributed by atoms with E-state index in [4.69, 9.17) is 5.73 Å². The maximum absolute atomic E-state index is 12.1. The molecule has 0 bridgehead atoms. The van der Waals surface area contributed by atoms with Gasteiger partial charge in [0.05, 0.1) is 4.90 Å². The maximum atomic E-state index is 12.1. The number of nitrogens with one attached hydrogen (secondary N) is 1. The highest BCUT2D eigenvalue weighted by Gasteiger charge is 2.26. The third-order valence-corrected chi connectivity index (χ3v) is 4.69. The summed E-state index contributed by atoms with van der Waals surface area (Å²) in [5.41, 5.74) is 5.94. The Balaban J connectivity index is 2.12. The van der Waals surface area contributed by atoms with Gasteiger partial charge in [-0.15, -0.1) is 0 Å². The standard InChI is InChI=1S/C12H18N2O2S/c13-11-8-4-5-9-12(11)14-17(15,16)10-6-2-1-3-7-10/h1-3,6-7,11-12,14H,4-5,8-9,13H2/t11?,12-/m0/s1. The van der Waals surface area contributed by atoms with Gasteiger partial charge in [-0.25, -0.2) is 13.1 Å². The molecule has 0 radical (unpaired) electrons. The molecule has 4 nitrogen and oxygen atoms in total. The summed E-state index contributed by atoms with van der Waals surface area (Å²) >= 11 is 0. The normalized spacial score (nSPS) is 25.7. The van der Waals surface area contributed by atoms with Gasteiger partial charge in [0.25, 0.3) is 0 Å². The van der Waals surface area contributed by atoms with Crippen LogP contribution in [0.1, 0.15) is 25.7 Å². The van der Waals surface area contributed by atoms with Crippen LogP contribution in [-0.2, 0) is 10.0 Å². The molecule has 1 aromatic rings. The fourth-order valence-corrected chi connectivity index (χ4v) is 3.52. The zero-order valence-electron chi connectivity index (χ0n) is 9.67. The van der Waals surface area contributed by atoms with Gasteiger partial charge in [-0.2, -0.15) is 0 Å². The second-order valence-electron chi connectivity index (χ2n) is 4.49. The quantitative estimate of drug-likeness (QED) is 0.852. The highest BCUT2D eigenvalue weighted by molar-refractivity contribution is 7.89. The van der Waals surface area contributed by atoms with Gasteiger partial charge in [-0.1, -0.05) is 31.0 Å². The first-order valence-electron chi connectivity index (χ1n) is 5.92. The van der Waals surface area contributed by atoms with Crippen LogP contribution in [0.5, 0.6) is 0 Å². The Morgan fingerprint density at radius 3 is 2.41 bits per heavy atom. The molecule has 3 N–H and O–H groups in total. The molecule has 1 fully saturated rings. The van der Waals surface area contributed by atoms with Crippen LogP contribution in [0.2, 0.25) is 0 Å². The fraction of sp³-hybridized carbons (Fsp3) is 0.500. The summed E-state index contributed by atoms with van der Waals surface area (Å²) in [6.45, 7) is 0. The molecule has 0 aromatic heterocycles. The number of rotatable bonds is 3. The van der Waals surface area contributed by atoms with Gasteiger partial charge in [-0.05, 0) is 25.0 Å². The molecule has 0 spiro atoms. The van der Waals surface area contributed by atoms with Gasteiger partial charge in [0.1, 0.15) is 0 Å². The molecule has 1 aliphatic carbocycles. The van der Waals surface area contributed by atoms with E-state index in [2.05, 4.69) is 4.72 Å². The van der Waals surface area contributed by atoms with Crippen molar-refractivity contribution in [3.05, 3.63) is 30.3 Å². The molecule has 1 unspecified atom stereocenters. The number of nitrogens with two attached hydrogens (primary N) is 1. The fourth-order valence-electron chi connectivity index (χ4n) is 2.17. The molecule has 0 heterocycles. The predicted molar refractivity (Wildman–Crippen MR) is 67.0 cm³/mol. The van der Waals surface area contributed by atoms with Crippen molar-refractivity contribution < 1.29 is 8.42 Å². The Bertz CT molecular complexity index is 459. The van der Waals surface area contributed by atoms with E-state index in [0.717, 1.165) is 25.7 Å². The zero-order chi connectivity index (χ0) is 12.3. The average molecular weight is 254 g/mol. The Morgan fingerprint density at radius 1 is 1.12 bits per heavy atom. The summed E-state index contributed by atoms with van der Waals surface area (Å²) in [4.78, 5) is 0.303. The average Bonchev–Trinajstić information content (AvgIpc) is 2.33. The number of sulfonamides is 1. The van der Waals surface area contributed by atoms with E-state index in [1.165, 1.54) is 0 Å². The molecule has 2 rings (SSSR count). The van der Waals surface area contributed by atoms with Crippen molar-refractivity contribution in [1.82, 2.24) is 4.72 Å². The minimum Gasteiger partial charge on any atom is -0.326 e. The van der Waals surface area contributed by atoms with Crippen molar-refractivity contribution in [2.24, 2.45) is 5.73 Å². The number of benzene rings is 1. The van der Waals surface area contributed by atoms with E-state index in [1.807, 2.05) is 0 Å². The summed E-state index contributed by atoms with van der Waals surface area (Å²) in [6.07, 6.45) is 3.84. The molecular weight excluding hydrogens is 236 g/mol.